The molecule has 6 nitrogen and oxygen atoms in total. The van der Waals surface area contributed by atoms with Gasteiger partial charge in [0.15, 0.2) is 6.61 Å². The summed E-state index contributed by atoms with van der Waals surface area (Å²) < 4.78 is 4.86. The molecule has 0 saturated heterocycles. The van der Waals surface area contributed by atoms with Crippen LogP contribution in [0, 0.1) is 0 Å². The SMILES string of the molecule is NC(=O)CNC(=O)COC(=O)c1ccc(-c2ccccc2)cc1. The third kappa shape index (κ3) is 4.96. The van der Waals surface area contributed by atoms with E-state index in [4.69, 9.17) is 10.5 Å². The smallest absolute Gasteiger partial charge is 0.338 e. The molecule has 2 aromatic rings. The number of nitrogens with one attached hydrogen (secondary N) is 1. The summed E-state index contributed by atoms with van der Waals surface area (Å²) >= 11 is 0. The highest BCUT2D eigenvalue weighted by atomic mass is 16.5. The predicted molar refractivity (Wildman–Crippen MR) is 84.4 cm³/mol. The Balaban J connectivity index is 1.90. The number of benzene rings is 2. The van der Waals surface area contributed by atoms with Gasteiger partial charge in [0, 0.05) is 0 Å². The second-order valence-electron chi connectivity index (χ2n) is 4.76. The van der Waals surface area contributed by atoms with Crippen molar-refractivity contribution in [2.75, 3.05) is 13.2 Å². The van der Waals surface area contributed by atoms with Crippen LogP contribution < -0.4 is 11.1 Å². The molecule has 0 radical (unpaired) electrons. The van der Waals surface area contributed by atoms with E-state index < -0.39 is 24.4 Å². The van der Waals surface area contributed by atoms with Gasteiger partial charge in [0.05, 0.1) is 12.1 Å². The monoisotopic (exact) mass is 312 g/mol. The van der Waals surface area contributed by atoms with Crippen LogP contribution in [0.5, 0.6) is 0 Å². The highest BCUT2D eigenvalue weighted by molar-refractivity contribution is 5.92. The average molecular weight is 312 g/mol. The van der Waals surface area contributed by atoms with Crippen LogP contribution in [-0.2, 0) is 14.3 Å². The molecule has 118 valence electrons. The third-order valence-electron chi connectivity index (χ3n) is 3.02. The van der Waals surface area contributed by atoms with Crippen molar-refractivity contribution in [2.24, 2.45) is 5.73 Å². The fraction of sp³-hybridized carbons (Fsp3) is 0.118. The van der Waals surface area contributed by atoms with Gasteiger partial charge in [0.1, 0.15) is 0 Å². The summed E-state index contributed by atoms with van der Waals surface area (Å²) in [7, 11) is 0. The summed E-state index contributed by atoms with van der Waals surface area (Å²) in [5, 5.41) is 2.23. The lowest BCUT2D eigenvalue weighted by Crippen LogP contribution is -2.35. The summed E-state index contributed by atoms with van der Waals surface area (Å²) in [6, 6.07) is 16.6. The van der Waals surface area contributed by atoms with Gasteiger partial charge in [-0.1, -0.05) is 42.5 Å². The average Bonchev–Trinajstić information content (AvgIpc) is 2.58. The molecular weight excluding hydrogens is 296 g/mol. The molecule has 0 unspecified atom stereocenters. The van der Waals surface area contributed by atoms with Crippen molar-refractivity contribution in [3.05, 3.63) is 60.2 Å². The molecule has 0 bridgehead atoms. The number of rotatable bonds is 6. The van der Waals surface area contributed by atoms with Crippen LogP contribution in [0.2, 0.25) is 0 Å². The van der Waals surface area contributed by atoms with Crippen molar-refractivity contribution in [1.82, 2.24) is 5.32 Å². The fourth-order valence-electron chi connectivity index (χ4n) is 1.88. The van der Waals surface area contributed by atoms with Gasteiger partial charge in [-0.05, 0) is 23.3 Å². The number of hydrogen-bond donors (Lipinski definition) is 2. The molecule has 0 aliphatic carbocycles. The Labute approximate surface area is 133 Å². The minimum absolute atomic E-state index is 0.290. The first-order valence-electron chi connectivity index (χ1n) is 6.94. The lowest BCUT2D eigenvalue weighted by atomic mass is 10.0. The first-order chi connectivity index (χ1) is 11.1. The van der Waals surface area contributed by atoms with Gasteiger partial charge in [-0.25, -0.2) is 4.79 Å². The number of hydrogen-bond acceptors (Lipinski definition) is 4. The molecule has 0 aliphatic heterocycles. The van der Waals surface area contributed by atoms with E-state index in [-0.39, 0.29) is 6.54 Å². The Kier molecular flexibility index (Phi) is 5.46. The third-order valence-corrected chi connectivity index (χ3v) is 3.02. The molecule has 0 saturated carbocycles. The van der Waals surface area contributed by atoms with Gasteiger partial charge in [-0.3, -0.25) is 9.59 Å². The molecular formula is C17H16N2O4. The van der Waals surface area contributed by atoms with Crippen molar-refractivity contribution in [3.8, 4) is 11.1 Å². The Hall–Kier alpha value is -3.15. The number of carbonyl (C=O) groups is 3. The Bertz CT molecular complexity index is 696. The molecule has 6 heteroatoms. The van der Waals surface area contributed by atoms with E-state index in [1.54, 1.807) is 24.3 Å². The van der Waals surface area contributed by atoms with Gasteiger partial charge < -0.3 is 15.8 Å². The summed E-state index contributed by atoms with van der Waals surface area (Å²) in [4.78, 5) is 33.7. The molecule has 2 aromatic carbocycles. The predicted octanol–water partition coefficient (Wildman–Crippen LogP) is 1.11. The minimum atomic E-state index is -0.666. The van der Waals surface area contributed by atoms with Gasteiger partial charge in [-0.2, -0.15) is 0 Å². The standard InChI is InChI=1S/C17H16N2O4/c18-15(20)10-19-16(21)11-23-17(22)14-8-6-13(7-9-14)12-4-2-1-3-5-12/h1-9H,10-11H2,(H2,18,20)(H,19,21). The van der Waals surface area contributed by atoms with E-state index in [2.05, 4.69) is 5.32 Å². The van der Waals surface area contributed by atoms with Crippen molar-refractivity contribution in [2.45, 2.75) is 0 Å². The second kappa shape index (κ2) is 7.74. The van der Waals surface area contributed by atoms with E-state index >= 15 is 0 Å². The van der Waals surface area contributed by atoms with Gasteiger partial charge in [0.2, 0.25) is 5.91 Å². The topological polar surface area (TPSA) is 98.5 Å². The summed E-state index contributed by atoms with van der Waals surface area (Å²) in [5.74, 6) is -1.86. The highest BCUT2D eigenvalue weighted by Crippen LogP contribution is 2.19. The zero-order valence-corrected chi connectivity index (χ0v) is 12.3. The van der Waals surface area contributed by atoms with Crippen LogP contribution in [0.4, 0.5) is 0 Å². The van der Waals surface area contributed by atoms with Gasteiger partial charge >= 0.3 is 5.97 Å². The number of amides is 2. The molecule has 0 aliphatic rings. The molecule has 2 amide bonds. The Morgan fingerprint density at radius 2 is 1.52 bits per heavy atom. The lowest BCUT2D eigenvalue weighted by Gasteiger charge is -2.06. The number of ether oxygens (including phenoxy) is 1. The lowest BCUT2D eigenvalue weighted by molar-refractivity contribution is -0.127. The summed E-state index contributed by atoms with van der Waals surface area (Å²) in [6.07, 6.45) is 0. The molecule has 0 heterocycles. The van der Waals surface area contributed by atoms with E-state index in [0.29, 0.717) is 5.56 Å². The molecule has 3 N–H and O–H groups in total. The molecule has 0 fully saturated rings. The van der Waals surface area contributed by atoms with Crippen LogP contribution in [0.1, 0.15) is 10.4 Å². The number of primary amides is 1. The number of nitrogens with two attached hydrogens (primary N) is 1. The number of esters is 1. The van der Waals surface area contributed by atoms with E-state index in [9.17, 15) is 14.4 Å². The van der Waals surface area contributed by atoms with Crippen molar-refractivity contribution >= 4 is 17.8 Å². The number of carbonyl (C=O) groups excluding carboxylic acids is 3. The van der Waals surface area contributed by atoms with Crippen LogP contribution in [0.15, 0.2) is 54.6 Å². The first kappa shape index (κ1) is 16.2. The van der Waals surface area contributed by atoms with Crippen LogP contribution >= 0.6 is 0 Å². The molecule has 2 rings (SSSR count). The van der Waals surface area contributed by atoms with E-state index in [0.717, 1.165) is 11.1 Å². The van der Waals surface area contributed by atoms with E-state index in [1.165, 1.54) is 0 Å². The normalized spacial score (nSPS) is 9.91. The Morgan fingerprint density at radius 1 is 0.913 bits per heavy atom. The zero-order valence-electron chi connectivity index (χ0n) is 12.3. The van der Waals surface area contributed by atoms with Crippen LogP contribution in [0.3, 0.4) is 0 Å². The first-order valence-corrected chi connectivity index (χ1v) is 6.94. The second-order valence-corrected chi connectivity index (χ2v) is 4.76. The van der Waals surface area contributed by atoms with Crippen LogP contribution in [0.25, 0.3) is 11.1 Å². The molecule has 23 heavy (non-hydrogen) atoms. The minimum Gasteiger partial charge on any atom is -0.452 e. The summed E-state index contributed by atoms with van der Waals surface area (Å²) in [6.45, 7) is -0.755. The largest absolute Gasteiger partial charge is 0.452 e. The van der Waals surface area contributed by atoms with E-state index in [1.807, 2.05) is 30.3 Å². The van der Waals surface area contributed by atoms with Crippen molar-refractivity contribution in [3.63, 3.8) is 0 Å². The van der Waals surface area contributed by atoms with Crippen molar-refractivity contribution < 1.29 is 19.1 Å². The molecule has 0 aromatic heterocycles. The van der Waals surface area contributed by atoms with Crippen LogP contribution in [-0.4, -0.2) is 30.9 Å². The molecule has 0 atom stereocenters. The zero-order chi connectivity index (χ0) is 16.7. The Morgan fingerprint density at radius 3 is 2.13 bits per heavy atom. The van der Waals surface area contributed by atoms with Gasteiger partial charge in [0.25, 0.3) is 5.91 Å². The highest BCUT2D eigenvalue weighted by Gasteiger charge is 2.10. The molecule has 0 spiro atoms. The van der Waals surface area contributed by atoms with Crippen molar-refractivity contribution in [1.29, 1.82) is 0 Å². The summed E-state index contributed by atoms with van der Waals surface area (Å²) in [5.41, 5.74) is 7.24. The maximum Gasteiger partial charge on any atom is 0.338 e. The quantitative estimate of drug-likeness (QED) is 0.781. The maximum atomic E-state index is 11.8. The maximum absolute atomic E-state index is 11.8. The fourth-order valence-corrected chi connectivity index (χ4v) is 1.88. The van der Waals surface area contributed by atoms with Gasteiger partial charge in [-0.15, -0.1) is 0 Å².